The number of carbonyl (C=O) groups is 3. The van der Waals surface area contributed by atoms with Crippen molar-refractivity contribution in [3.05, 3.63) is 60.8 Å². The standard InChI is InChI=1S/C72H130O6/c1-4-7-10-13-16-19-22-25-27-29-31-32-33-34-35-36-37-38-39-40-41-43-44-47-50-53-56-59-62-65-71(74)77-68-69(67-76-70(73)64-61-58-55-52-49-46-24-21-18-15-12-9-6-3)78-72(75)66-63-60-57-54-51-48-45-42-30-28-26-23-20-17-14-11-8-5-2/h7,10,16,19,25,27,31-32,34-35,69H,4-6,8-9,11-15,17-18,20-24,26,28-30,33,36-68H2,1-3H3/b10-7-,19-16-,27-25-,32-31-,35-34-. The van der Waals surface area contributed by atoms with Gasteiger partial charge in [0, 0.05) is 19.3 Å². The highest BCUT2D eigenvalue weighted by Crippen LogP contribution is 2.18. The third-order valence-corrected chi connectivity index (χ3v) is 15.3. The molecule has 0 aromatic heterocycles. The highest BCUT2D eigenvalue weighted by Gasteiger charge is 2.19. The fourth-order valence-corrected chi connectivity index (χ4v) is 10.2. The third-order valence-electron chi connectivity index (χ3n) is 15.3. The van der Waals surface area contributed by atoms with Gasteiger partial charge in [-0.25, -0.2) is 0 Å². The fraction of sp³-hybridized carbons (Fsp3) is 0.819. The molecule has 0 fully saturated rings. The van der Waals surface area contributed by atoms with Gasteiger partial charge in [-0.1, -0.05) is 338 Å². The van der Waals surface area contributed by atoms with Crippen LogP contribution in [0.4, 0.5) is 0 Å². The lowest BCUT2D eigenvalue weighted by Crippen LogP contribution is -2.30. The molecule has 0 aliphatic heterocycles. The van der Waals surface area contributed by atoms with E-state index < -0.39 is 6.10 Å². The molecule has 0 aromatic carbocycles. The lowest BCUT2D eigenvalue weighted by atomic mass is 10.0. The van der Waals surface area contributed by atoms with Crippen LogP contribution in [0.5, 0.6) is 0 Å². The minimum Gasteiger partial charge on any atom is -0.462 e. The number of ether oxygens (including phenoxy) is 3. The smallest absolute Gasteiger partial charge is 0.306 e. The molecule has 0 radical (unpaired) electrons. The second-order valence-electron chi connectivity index (χ2n) is 23.1. The van der Waals surface area contributed by atoms with Crippen LogP contribution in [0.15, 0.2) is 60.8 Å². The zero-order valence-corrected chi connectivity index (χ0v) is 52.2. The maximum atomic E-state index is 12.9. The molecule has 6 heteroatoms. The van der Waals surface area contributed by atoms with E-state index in [4.69, 9.17) is 14.2 Å². The summed E-state index contributed by atoms with van der Waals surface area (Å²) in [7, 11) is 0. The normalized spacial score (nSPS) is 12.4. The van der Waals surface area contributed by atoms with Crippen molar-refractivity contribution in [3.8, 4) is 0 Å². The van der Waals surface area contributed by atoms with E-state index in [0.717, 1.165) is 89.9 Å². The first-order valence-electron chi connectivity index (χ1n) is 34.3. The van der Waals surface area contributed by atoms with Gasteiger partial charge in [0.05, 0.1) is 0 Å². The average Bonchev–Trinajstić information content (AvgIpc) is 3.44. The molecule has 6 nitrogen and oxygen atoms in total. The number of rotatable bonds is 63. The highest BCUT2D eigenvalue weighted by atomic mass is 16.6. The maximum Gasteiger partial charge on any atom is 0.306 e. The first kappa shape index (κ1) is 75.1. The van der Waals surface area contributed by atoms with Gasteiger partial charge in [-0.05, 0) is 64.2 Å². The van der Waals surface area contributed by atoms with Gasteiger partial charge >= 0.3 is 17.9 Å². The van der Waals surface area contributed by atoms with Crippen LogP contribution in [-0.4, -0.2) is 37.2 Å². The first-order chi connectivity index (χ1) is 38.5. The Labute approximate surface area is 485 Å². The number of allylic oxidation sites excluding steroid dienone is 10. The molecule has 78 heavy (non-hydrogen) atoms. The van der Waals surface area contributed by atoms with Crippen LogP contribution in [0, 0.1) is 0 Å². The van der Waals surface area contributed by atoms with Crippen LogP contribution in [0.1, 0.15) is 361 Å². The lowest BCUT2D eigenvalue weighted by molar-refractivity contribution is -0.167. The van der Waals surface area contributed by atoms with E-state index >= 15 is 0 Å². The summed E-state index contributed by atoms with van der Waals surface area (Å²) < 4.78 is 17.0. The molecule has 0 bridgehead atoms. The van der Waals surface area contributed by atoms with E-state index in [1.165, 1.54) is 231 Å². The fourth-order valence-electron chi connectivity index (χ4n) is 10.2. The summed E-state index contributed by atoms with van der Waals surface area (Å²) in [6, 6.07) is 0. The van der Waals surface area contributed by atoms with Crippen LogP contribution in [0.3, 0.4) is 0 Å². The van der Waals surface area contributed by atoms with E-state index in [9.17, 15) is 14.4 Å². The topological polar surface area (TPSA) is 78.9 Å². The minimum absolute atomic E-state index is 0.0676. The van der Waals surface area contributed by atoms with Crippen LogP contribution in [0.25, 0.3) is 0 Å². The molecular weight excluding hydrogens is 961 g/mol. The maximum absolute atomic E-state index is 12.9. The molecule has 0 saturated heterocycles. The Morgan fingerprint density at radius 2 is 0.500 bits per heavy atom. The van der Waals surface area contributed by atoms with Gasteiger partial charge in [0.25, 0.3) is 0 Å². The van der Waals surface area contributed by atoms with Crippen molar-refractivity contribution in [1.82, 2.24) is 0 Å². The molecule has 0 N–H and O–H groups in total. The summed E-state index contributed by atoms with van der Waals surface area (Å²) >= 11 is 0. The lowest BCUT2D eigenvalue weighted by Gasteiger charge is -2.18. The number of hydrogen-bond donors (Lipinski definition) is 0. The van der Waals surface area contributed by atoms with Crippen LogP contribution < -0.4 is 0 Å². The zero-order chi connectivity index (χ0) is 56.4. The molecule has 0 heterocycles. The van der Waals surface area contributed by atoms with Crippen molar-refractivity contribution >= 4 is 17.9 Å². The van der Waals surface area contributed by atoms with E-state index in [-0.39, 0.29) is 31.1 Å². The van der Waals surface area contributed by atoms with Crippen molar-refractivity contribution < 1.29 is 28.6 Å². The second kappa shape index (κ2) is 66.6. The Morgan fingerprint density at radius 1 is 0.269 bits per heavy atom. The predicted molar refractivity (Wildman–Crippen MR) is 339 cm³/mol. The van der Waals surface area contributed by atoms with Crippen LogP contribution in [-0.2, 0) is 28.6 Å². The molecule has 0 aliphatic rings. The molecule has 0 aromatic rings. The summed E-state index contributed by atoms with van der Waals surface area (Å²) in [5.74, 6) is -0.843. The Balaban J connectivity index is 4.22. The van der Waals surface area contributed by atoms with Gasteiger partial charge in [-0.15, -0.1) is 0 Å². The Kier molecular flexibility index (Phi) is 64.2. The van der Waals surface area contributed by atoms with Gasteiger partial charge in [0.15, 0.2) is 6.10 Å². The molecule has 1 unspecified atom stereocenters. The molecule has 1 atom stereocenters. The molecule has 0 saturated carbocycles. The van der Waals surface area contributed by atoms with E-state index in [1.807, 2.05) is 0 Å². The Bertz CT molecular complexity index is 1390. The first-order valence-corrected chi connectivity index (χ1v) is 34.3. The van der Waals surface area contributed by atoms with E-state index in [0.29, 0.717) is 19.3 Å². The van der Waals surface area contributed by atoms with Crippen molar-refractivity contribution in [3.63, 3.8) is 0 Å². The SMILES string of the molecule is CC/C=C\C/C=C\C/C=C\C/C=C\C/C=C\CCCCCCCCCCCCCCCC(=O)OCC(COC(=O)CCCCCCCCCCCCCCC)OC(=O)CCCCCCCCCCCCCCCCCCCC. The number of esters is 3. The van der Waals surface area contributed by atoms with Gasteiger partial charge < -0.3 is 14.2 Å². The van der Waals surface area contributed by atoms with Gasteiger partial charge in [-0.3, -0.25) is 14.4 Å². The summed E-state index contributed by atoms with van der Waals surface area (Å²) in [6.07, 6.45) is 85.2. The highest BCUT2D eigenvalue weighted by molar-refractivity contribution is 5.71. The monoisotopic (exact) mass is 1090 g/mol. The average molecular weight is 1090 g/mol. The summed E-state index contributed by atoms with van der Waals surface area (Å²) in [5, 5.41) is 0. The van der Waals surface area contributed by atoms with Crippen molar-refractivity contribution in [2.75, 3.05) is 13.2 Å². The largest absolute Gasteiger partial charge is 0.462 e. The van der Waals surface area contributed by atoms with Gasteiger partial charge in [-0.2, -0.15) is 0 Å². The Morgan fingerprint density at radius 3 is 0.782 bits per heavy atom. The summed E-state index contributed by atoms with van der Waals surface area (Å²) in [5.41, 5.74) is 0. The van der Waals surface area contributed by atoms with Gasteiger partial charge in [0.2, 0.25) is 0 Å². The minimum atomic E-state index is -0.771. The Hall–Kier alpha value is -2.89. The number of unbranched alkanes of at least 4 members (excludes halogenated alkanes) is 42. The predicted octanol–water partition coefficient (Wildman–Crippen LogP) is 23.5. The second-order valence-corrected chi connectivity index (χ2v) is 23.1. The third kappa shape index (κ3) is 63.9. The summed E-state index contributed by atoms with van der Waals surface area (Å²) in [4.78, 5) is 38.4. The van der Waals surface area contributed by atoms with Gasteiger partial charge in [0.1, 0.15) is 13.2 Å². The number of hydrogen-bond acceptors (Lipinski definition) is 6. The summed E-state index contributed by atoms with van der Waals surface area (Å²) in [6.45, 7) is 6.59. The molecule has 0 spiro atoms. The molecule has 0 aliphatic carbocycles. The van der Waals surface area contributed by atoms with Crippen LogP contribution >= 0.6 is 0 Å². The van der Waals surface area contributed by atoms with Crippen molar-refractivity contribution in [2.24, 2.45) is 0 Å². The zero-order valence-electron chi connectivity index (χ0n) is 52.2. The molecule has 454 valence electrons. The van der Waals surface area contributed by atoms with E-state index in [1.54, 1.807) is 0 Å². The molecular formula is C72H130O6. The van der Waals surface area contributed by atoms with E-state index in [2.05, 4.69) is 81.5 Å². The quantitative estimate of drug-likeness (QED) is 0.0261. The van der Waals surface area contributed by atoms with Crippen LogP contribution in [0.2, 0.25) is 0 Å². The van der Waals surface area contributed by atoms with Crippen molar-refractivity contribution in [1.29, 1.82) is 0 Å². The van der Waals surface area contributed by atoms with Crippen molar-refractivity contribution in [2.45, 2.75) is 367 Å². The molecule has 0 amide bonds. The number of carbonyl (C=O) groups excluding carboxylic acids is 3. The molecule has 0 rings (SSSR count).